The van der Waals surface area contributed by atoms with Gasteiger partial charge in [-0.1, -0.05) is 25.8 Å². The third-order valence-corrected chi connectivity index (χ3v) is 3.95. The van der Waals surface area contributed by atoms with E-state index in [1.807, 2.05) is 6.92 Å². The molecule has 1 fully saturated rings. The third-order valence-electron chi connectivity index (χ3n) is 3.95. The van der Waals surface area contributed by atoms with E-state index in [1.165, 1.54) is 25.7 Å². The van der Waals surface area contributed by atoms with Crippen LogP contribution < -0.4 is 5.32 Å². The lowest BCUT2D eigenvalue weighted by Gasteiger charge is -2.24. The Hall–Kier alpha value is -1.58. The second-order valence-electron chi connectivity index (χ2n) is 5.63. The predicted octanol–water partition coefficient (Wildman–Crippen LogP) is 3.90. The van der Waals surface area contributed by atoms with Crippen molar-refractivity contribution in [1.82, 2.24) is 0 Å². The smallest absolute Gasteiger partial charge is 0.271 e. The van der Waals surface area contributed by atoms with Crippen LogP contribution >= 0.6 is 0 Å². The van der Waals surface area contributed by atoms with Gasteiger partial charge < -0.3 is 5.32 Å². The van der Waals surface area contributed by atoms with Crippen LogP contribution in [0.25, 0.3) is 0 Å². The number of aryl methyl sites for hydroxylation is 1. The number of hydrogen-bond donors (Lipinski definition) is 1. The number of benzene rings is 1. The fourth-order valence-electron chi connectivity index (χ4n) is 2.63. The van der Waals surface area contributed by atoms with Gasteiger partial charge in [-0.2, -0.15) is 0 Å². The quantitative estimate of drug-likeness (QED) is 0.649. The van der Waals surface area contributed by atoms with Crippen LogP contribution in [0.15, 0.2) is 18.2 Å². The summed E-state index contributed by atoms with van der Waals surface area (Å²) in [7, 11) is 0. The molecule has 0 aromatic heterocycles. The average Bonchev–Trinajstić information content (AvgIpc) is 2.75. The van der Waals surface area contributed by atoms with E-state index in [0.717, 1.165) is 17.8 Å². The first-order valence-electron chi connectivity index (χ1n) is 6.49. The lowest BCUT2D eigenvalue weighted by molar-refractivity contribution is -0.384. The molecular formula is C14H20N2O2. The van der Waals surface area contributed by atoms with Crippen molar-refractivity contribution >= 4 is 11.4 Å². The Labute approximate surface area is 108 Å². The van der Waals surface area contributed by atoms with Crippen molar-refractivity contribution in [3.63, 3.8) is 0 Å². The predicted molar refractivity (Wildman–Crippen MR) is 72.9 cm³/mol. The second-order valence-corrected chi connectivity index (χ2v) is 5.63. The Bertz CT molecular complexity index is 451. The Morgan fingerprint density at radius 1 is 1.39 bits per heavy atom. The largest absolute Gasteiger partial charge is 0.384 e. The zero-order valence-electron chi connectivity index (χ0n) is 11.0. The van der Waals surface area contributed by atoms with Crippen molar-refractivity contribution < 1.29 is 4.92 Å². The van der Waals surface area contributed by atoms with Crippen LogP contribution in [-0.2, 0) is 0 Å². The standard InChI is InChI=1S/C14H20N2O2/c1-11-5-6-12(16(17)18)9-13(11)15-10-14(2)7-3-4-8-14/h5-6,9,15H,3-4,7-8,10H2,1-2H3. The van der Waals surface area contributed by atoms with Gasteiger partial charge in [0.2, 0.25) is 0 Å². The SMILES string of the molecule is Cc1ccc([N+](=O)[O-])cc1NCC1(C)CCCC1. The van der Waals surface area contributed by atoms with Crippen LogP contribution in [0.1, 0.15) is 38.2 Å². The second kappa shape index (κ2) is 4.96. The van der Waals surface area contributed by atoms with Crippen LogP contribution in [0.4, 0.5) is 11.4 Å². The maximum atomic E-state index is 10.8. The molecule has 4 heteroatoms. The molecule has 0 heterocycles. The molecule has 0 bridgehead atoms. The minimum atomic E-state index is -0.345. The van der Waals surface area contributed by atoms with E-state index in [9.17, 15) is 10.1 Å². The summed E-state index contributed by atoms with van der Waals surface area (Å²) in [5.74, 6) is 0. The number of nitrogens with one attached hydrogen (secondary N) is 1. The molecule has 0 radical (unpaired) electrons. The van der Waals surface area contributed by atoms with Crippen LogP contribution in [-0.4, -0.2) is 11.5 Å². The maximum absolute atomic E-state index is 10.8. The van der Waals surface area contributed by atoms with Crippen LogP contribution in [0, 0.1) is 22.5 Å². The fourth-order valence-corrected chi connectivity index (χ4v) is 2.63. The molecule has 1 aliphatic carbocycles. The molecule has 0 aliphatic heterocycles. The lowest BCUT2D eigenvalue weighted by Crippen LogP contribution is -2.23. The molecule has 0 saturated heterocycles. The fraction of sp³-hybridized carbons (Fsp3) is 0.571. The summed E-state index contributed by atoms with van der Waals surface area (Å²) in [6.45, 7) is 5.16. The number of anilines is 1. The lowest BCUT2D eigenvalue weighted by atomic mass is 9.89. The Morgan fingerprint density at radius 2 is 2.06 bits per heavy atom. The summed E-state index contributed by atoms with van der Waals surface area (Å²) >= 11 is 0. The summed E-state index contributed by atoms with van der Waals surface area (Å²) in [6, 6.07) is 4.99. The molecule has 1 aromatic rings. The van der Waals surface area contributed by atoms with Gasteiger partial charge in [-0.05, 0) is 30.7 Å². The first kappa shape index (κ1) is 12.9. The van der Waals surface area contributed by atoms with Crippen molar-refractivity contribution in [1.29, 1.82) is 0 Å². The highest BCUT2D eigenvalue weighted by atomic mass is 16.6. The van der Waals surface area contributed by atoms with Gasteiger partial charge in [0.15, 0.2) is 0 Å². The normalized spacial score (nSPS) is 17.7. The van der Waals surface area contributed by atoms with Crippen LogP contribution in [0.2, 0.25) is 0 Å². The van der Waals surface area contributed by atoms with Crippen molar-refractivity contribution in [3.8, 4) is 0 Å². The minimum absolute atomic E-state index is 0.152. The zero-order valence-corrected chi connectivity index (χ0v) is 11.0. The van der Waals surface area contributed by atoms with Crippen molar-refractivity contribution in [2.45, 2.75) is 39.5 Å². The number of nitro groups is 1. The number of non-ortho nitro benzene ring substituents is 1. The molecule has 2 rings (SSSR count). The third kappa shape index (κ3) is 2.81. The average molecular weight is 248 g/mol. The van der Waals surface area contributed by atoms with Crippen LogP contribution in [0.3, 0.4) is 0 Å². The van der Waals surface area contributed by atoms with E-state index in [2.05, 4.69) is 12.2 Å². The summed E-state index contributed by atoms with van der Waals surface area (Å²) in [5.41, 5.74) is 2.44. The number of hydrogen-bond acceptors (Lipinski definition) is 3. The molecule has 0 amide bonds. The molecule has 18 heavy (non-hydrogen) atoms. The molecule has 0 unspecified atom stereocenters. The molecule has 0 spiro atoms. The molecular weight excluding hydrogens is 228 g/mol. The molecule has 1 aromatic carbocycles. The summed E-state index contributed by atoms with van der Waals surface area (Å²) in [5, 5.41) is 14.2. The van der Waals surface area contributed by atoms with E-state index < -0.39 is 0 Å². The summed E-state index contributed by atoms with van der Waals surface area (Å²) in [6.07, 6.45) is 5.08. The maximum Gasteiger partial charge on any atom is 0.271 e. The van der Waals surface area contributed by atoms with Gasteiger partial charge in [0.05, 0.1) is 4.92 Å². The van der Waals surface area contributed by atoms with Gasteiger partial charge in [-0.15, -0.1) is 0 Å². The van der Waals surface area contributed by atoms with Crippen molar-refractivity contribution in [3.05, 3.63) is 33.9 Å². The summed E-state index contributed by atoms with van der Waals surface area (Å²) < 4.78 is 0. The monoisotopic (exact) mass is 248 g/mol. The molecule has 1 aliphatic rings. The molecule has 1 saturated carbocycles. The van der Waals surface area contributed by atoms with Gasteiger partial charge in [-0.25, -0.2) is 0 Å². The molecule has 0 atom stereocenters. The highest BCUT2D eigenvalue weighted by Gasteiger charge is 2.28. The highest BCUT2D eigenvalue weighted by molar-refractivity contribution is 5.56. The molecule has 4 nitrogen and oxygen atoms in total. The number of nitro benzene ring substituents is 1. The Balaban J connectivity index is 2.08. The van der Waals surface area contributed by atoms with Crippen molar-refractivity contribution in [2.24, 2.45) is 5.41 Å². The zero-order chi connectivity index (χ0) is 13.2. The van der Waals surface area contributed by atoms with E-state index in [-0.39, 0.29) is 10.6 Å². The first-order chi connectivity index (χ1) is 8.50. The van der Waals surface area contributed by atoms with E-state index >= 15 is 0 Å². The van der Waals surface area contributed by atoms with Gasteiger partial charge in [0.25, 0.3) is 5.69 Å². The van der Waals surface area contributed by atoms with E-state index in [0.29, 0.717) is 5.41 Å². The number of nitrogens with zero attached hydrogens (tertiary/aromatic N) is 1. The van der Waals surface area contributed by atoms with Gasteiger partial charge in [0.1, 0.15) is 0 Å². The van der Waals surface area contributed by atoms with Gasteiger partial charge in [-0.3, -0.25) is 10.1 Å². The number of rotatable bonds is 4. The van der Waals surface area contributed by atoms with Crippen LogP contribution in [0.5, 0.6) is 0 Å². The van der Waals surface area contributed by atoms with E-state index in [1.54, 1.807) is 18.2 Å². The minimum Gasteiger partial charge on any atom is -0.384 e. The topological polar surface area (TPSA) is 55.2 Å². The van der Waals surface area contributed by atoms with Crippen molar-refractivity contribution in [2.75, 3.05) is 11.9 Å². The molecule has 98 valence electrons. The Kier molecular flexibility index (Phi) is 3.55. The van der Waals surface area contributed by atoms with E-state index in [4.69, 9.17) is 0 Å². The van der Waals surface area contributed by atoms with Gasteiger partial charge >= 0.3 is 0 Å². The summed E-state index contributed by atoms with van der Waals surface area (Å²) in [4.78, 5) is 10.4. The highest BCUT2D eigenvalue weighted by Crippen LogP contribution is 2.37. The first-order valence-corrected chi connectivity index (χ1v) is 6.49. The Morgan fingerprint density at radius 3 is 2.67 bits per heavy atom. The van der Waals surface area contributed by atoms with Gasteiger partial charge in [0, 0.05) is 24.4 Å². The molecule has 1 N–H and O–H groups in total.